The first-order valence-corrected chi connectivity index (χ1v) is 37.6. The van der Waals surface area contributed by atoms with Crippen molar-refractivity contribution in [1.82, 2.24) is 90.4 Å². The highest BCUT2D eigenvalue weighted by molar-refractivity contribution is 5.99. The summed E-state index contributed by atoms with van der Waals surface area (Å²) in [5.41, 5.74) is 54.4. The quantitative estimate of drug-likeness (QED) is 0.0127. The number of rotatable bonds is 55. The third-order valence-corrected chi connectivity index (χ3v) is 17.4. The van der Waals surface area contributed by atoms with Gasteiger partial charge in [-0.15, -0.1) is 0 Å². The molecule has 0 aliphatic heterocycles. The van der Waals surface area contributed by atoms with Crippen molar-refractivity contribution in [1.29, 1.82) is 43.3 Å². The van der Waals surface area contributed by atoms with E-state index in [0.717, 1.165) is 48.5 Å². The van der Waals surface area contributed by atoms with E-state index in [1.165, 1.54) is 0 Å². The lowest BCUT2D eigenvalue weighted by Gasteiger charge is -2.29. The van der Waals surface area contributed by atoms with Crippen molar-refractivity contribution in [3.63, 3.8) is 0 Å². The number of nitrogens with one attached hydrogen (secondary N) is 25. The Labute approximate surface area is 681 Å². The standard InChI is InChI=1S/C68H115F6N35O10/c69-67(70,71)37-21-17-35(18-22-37)33-39(75)50(111)101-40(9-1-25-93-59(77)78)51(112)102-41(10-2-26-94-60(79)80)52(113)103-42(11-3-27-95-61(81)82)53(114)104-43(12-4-28-96-62(83)84)54(115)105-44(13-5-29-97-63(85)86)55(116)106-45(14-6-30-98-64(87)88)56(117)107-46(15-7-31-99-65(89)90)57(118)108-47(16-8-32-100-66(91)92)58(119)109-48(49(76)110)34-36-19-23-38(24-20-36)68(72,73)74/h17-24,39-48H,1-16,25-34,75H2,(H2,76,110)(H,101,111)(H,102,112)(H,103,113)(H,104,114)(H,105,115)(H,106,116)(H,107,117)(H,108,118)(H,109,119)(H4,77,78,93)(H4,79,80,94)(H4,81,82,95)(H4,83,84,96)(H4,85,86,97)(H4,87,88,98)(H4,89,90,99)(H4,91,92,100)/t39-,40-,41-,42-,43-,44-,45-,46-,47-,48-/m1/s1. The monoisotopic (exact) mass is 1700 g/mol. The van der Waals surface area contributed by atoms with E-state index in [4.69, 9.17) is 101 Å². The maximum absolute atomic E-state index is 15.0. The van der Waals surface area contributed by atoms with E-state index >= 15 is 0 Å². The van der Waals surface area contributed by atoms with Gasteiger partial charge in [-0.1, -0.05) is 24.3 Å². The lowest BCUT2D eigenvalue weighted by Crippen LogP contribution is -2.60. The highest BCUT2D eigenvalue weighted by atomic mass is 19.4. The van der Waals surface area contributed by atoms with E-state index < -0.39 is 197 Å². The van der Waals surface area contributed by atoms with Gasteiger partial charge in [0.2, 0.25) is 59.1 Å². The van der Waals surface area contributed by atoms with Crippen LogP contribution < -0.4 is 148 Å². The fraction of sp³-hybridized carbons (Fsp3) is 0.559. The van der Waals surface area contributed by atoms with Crippen LogP contribution in [-0.4, -0.2) is 220 Å². The van der Waals surface area contributed by atoms with Crippen LogP contribution in [0.15, 0.2) is 48.5 Å². The van der Waals surface area contributed by atoms with Crippen molar-refractivity contribution in [2.75, 3.05) is 52.4 Å². The van der Waals surface area contributed by atoms with E-state index in [-0.39, 0.29) is 173 Å². The second-order valence-corrected chi connectivity index (χ2v) is 27.2. The molecular weight excluding hydrogens is 1580 g/mol. The predicted molar refractivity (Wildman–Crippen MR) is 428 cm³/mol. The Bertz CT molecular complexity index is 3750. The van der Waals surface area contributed by atoms with Gasteiger partial charge in [-0.05, 0) is 145 Å². The summed E-state index contributed by atoms with van der Waals surface area (Å²) < 4.78 is 80.3. The number of amides is 10. The number of guanidine groups is 8. The van der Waals surface area contributed by atoms with Gasteiger partial charge in [0, 0.05) is 58.8 Å². The summed E-state index contributed by atoms with van der Waals surface area (Å²) >= 11 is 0. The summed E-state index contributed by atoms with van der Waals surface area (Å²) in [6, 6.07) is -8.57. The zero-order valence-corrected chi connectivity index (χ0v) is 65.4. The van der Waals surface area contributed by atoms with Gasteiger partial charge < -0.3 is 148 Å². The van der Waals surface area contributed by atoms with E-state index in [2.05, 4.69) is 90.4 Å². The minimum absolute atomic E-state index is 0.00112. The highest BCUT2D eigenvalue weighted by Crippen LogP contribution is 2.30. The van der Waals surface area contributed by atoms with Crippen molar-refractivity contribution < 1.29 is 74.3 Å². The second-order valence-electron chi connectivity index (χ2n) is 27.2. The summed E-state index contributed by atoms with van der Waals surface area (Å²) in [7, 11) is 0. The lowest BCUT2D eigenvalue weighted by molar-refractivity contribution is -0.138. The van der Waals surface area contributed by atoms with E-state index in [1.807, 2.05) is 0 Å². The fourth-order valence-corrected chi connectivity index (χ4v) is 11.3. The molecule has 51 heteroatoms. The number of hydrogen-bond donors (Lipinski definition) is 35. The molecule has 0 spiro atoms. The molecule has 0 radical (unpaired) electrons. The Hall–Kier alpha value is -13.2. The smallest absolute Gasteiger partial charge is 0.370 e. The summed E-state index contributed by atoms with van der Waals surface area (Å²) in [5, 5.41) is 105. The van der Waals surface area contributed by atoms with E-state index in [0.29, 0.717) is 0 Å². The molecule has 2 rings (SSSR count). The minimum atomic E-state index is -4.71. The summed E-state index contributed by atoms with van der Waals surface area (Å²) in [6.45, 7) is -0.528. The SMILES string of the molecule is N=C(N)NCCC[C@@H](NC(=O)[C@H](N)Cc1ccc(C(F)(F)F)cc1)C(=O)N[C@H](CCCNC(=N)N)C(=O)N[C@H](CCCNC(=N)N)C(=O)N[C@H](CCCNC(=N)N)C(=O)N[C@H](CCCNC(=N)N)C(=O)N[C@H](CCCNC(=N)N)C(=O)N[C@H](CCCNC(=N)N)C(=O)N[C@H](CCCNC(=N)N)C(=O)N[C@H](Cc1ccc(C(F)(F)F)cc1)C(N)=O. The summed E-state index contributed by atoms with van der Waals surface area (Å²) in [6.07, 6.45) is -12.5. The van der Waals surface area contributed by atoms with Gasteiger partial charge in [0.1, 0.15) is 54.4 Å². The van der Waals surface area contributed by atoms with Crippen LogP contribution >= 0.6 is 0 Å². The van der Waals surface area contributed by atoms with Gasteiger partial charge in [-0.2, -0.15) is 26.3 Å². The maximum Gasteiger partial charge on any atom is 0.416 e. The molecule has 10 atom stereocenters. The molecule has 0 aliphatic rings. The number of benzene rings is 2. The van der Waals surface area contributed by atoms with Gasteiger partial charge in [-0.3, -0.25) is 91.2 Å². The first-order chi connectivity index (χ1) is 55.9. The molecule has 0 bridgehead atoms. The molecule has 2 aromatic carbocycles. The molecule has 0 unspecified atom stereocenters. The Balaban J connectivity index is 2.78. The van der Waals surface area contributed by atoms with Crippen LogP contribution in [0.3, 0.4) is 0 Å². The predicted octanol–water partition coefficient (Wildman–Crippen LogP) is -7.21. The first kappa shape index (κ1) is 102. The Morgan fingerprint density at radius 3 is 0.580 bits per heavy atom. The topological polar surface area (TPSA) is 826 Å². The van der Waals surface area contributed by atoms with E-state index in [9.17, 15) is 74.3 Å². The van der Waals surface area contributed by atoms with Gasteiger partial charge in [-0.25, -0.2) is 0 Å². The number of primary amides is 1. The largest absolute Gasteiger partial charge is 0.416 e. The normalized spacial score (nSPS) is 13.6. The molecule has 0 aliphatic carbocycles. The molecular formula is C68H115F6N35O10. The van der Waals surface area contributed by atoms with Crippen LogP contribution in [0.2, 0.25) is 0 Å². The van der Waals surface area contributed by atoms with Crippen molar-refractivity contribution in [3.8, 4) is 0 Å². The molecule has 0 saturated carbocycles. The number of carbonyl (C=O) groups excluding carboxylic acids is 10. The zero-order chi connectivity index (χ0) is 89.5. The number of alkyl halides is 6. The van der Waals surface area contributed by atoms with Crippen LogP contribution in [0.4, 0.5) is 26.3 Å². The third-order valence-electron chi connectivity index (χ3n) is 17.4. The van der Waals surface area contributed by atoms with Crippen molar-refractivity contribution in [3.05, 3.63) is 70.8 Å². The third kappa shape index (κ3) is 43.9. The molecule has 119 heavy (non-hydrogen) atoms. The highest BCUT2D eigenvalue weighted by Gasteiger charge is 2.38. The molecule has 0 aromatic heterocycles. The van der Waals surface area contributed by atoms with Crippen molar-refractivity contribution in [2.45, 2.75) is 188 Å². The van der Waals surface area contributed by atoms with Gasteiger partial charge in [0.05, 0.1) is 17.2 Å². The average Bonchev–Trinajstić information content (AvgIpc) is 0.880. The second kappa shape index (κ2) is 53.1. The lowest BCUT2D eigenvalue weighted by atomic mass is 10.0. The molecule has 0 saturated heterocycles. The molecule has 45 N–H and O–H groups in total. The van der Waals surface area contributed by atoms with Crippen molar-refractivity contribution >= 4 is 107 Å². The Kier molecular flexibility index (Phi) is 45.5. The number of nitrogens with two attached hydrogens (primary N) is 10. The number of halogens is 6. The summed E-state index contributed by atoms with van der Waals surface area (Å²) in [4.78, 5) is 144. The fourth-order valence-electron chi connectivity index (χ4n) is 11.3. The molecule has 10 amide bonds. The van der Waals surface area contributed by atoms with Crippen molar-refractivity contribution in [2.24, 2.45) is 57.3 Å². The minimum Gasteiger partial charge on any atom is -0.370 e. The molecule has 45 nitrogen and oxygen atoms in total. The number of hydrogen-bond acceptors (Lipinski definition) is 19. The number of carbonyl (C=O) groups is 10. The molecule has 664 valence electrons. The van der Waals surface area contributed by atoms with Crippen LogP contribution in [-0.2, 0) is 73.1 Å². The zero-order valence-electron chi connectivity index (χ0n) is 65.4. The van der Waals surface area contributed by atoms with Crippen LogP contribution in [0.5, 0.6) is 0 Å². The Morgan fingerprint density at radius 1 is 0.261 bits per heavy atom. The maximum atomic E-state index is 15.0. The van der Waals surface area contributed by atoms with Gasteiger partial charge in [0.15, 0.2) is 47.7 Å². The average molecular weight is 1700 g/mol. The molecule has 2 aromatic rings. The molecule has 0 fully saturated rings. The first-order valence-electron chi connectivity index (χ1n) is 37.6. The van der Waals surface area contributed by atoms with Crippen LogP contribution in [0, 0.1) is 43.3 Å². The Morgan fingerprint density at radius 2 is 0.420 bits per heavy atom. The van der Waals surface area contributed by atoms with Crippen LogP contribution in [0.1, 0.15) is 125 Å². The molecule has 0 heterocycles. The van der Waals surface area contributed by atoms with Gasteiger partial charge in [0.25, 0.3) is 0 Å². The summed E-state index contributed by atoms with van der Waals surface area (Å²) in [5.74, 6) is -14.3. The van der Waals surface area contributed by atoms with Gasteiger partial charge >= 0.3 is 12.4 Å². The van der Waals surface area contributed by atoms with E-state index in [1.54, 1.807) is 0 Å². The van der Waals surface area contributed by atoms with Crippen LogP contribution in [0.25, 0.3) is 0 Å².